The van der Waals surface area contributed by atoms with Crippen LogP contribution in [0.25, 0.3) is 0 Å². The third-order valence-electron chi connectivity index (χ3n) is 5.69. The monoisotopic (exact) mass is 398 g/mol. The van der Waals surface area contributed by atoms with Crippen molar-refractivity contribution in [1.29, 1.82) is 0 Å². The maximum atomic E-state index is 12.4. The Morgan fingerprint density at radius 1 is 1.10 bits per heavy atom. The largest absolute Gasteiger partial charge is 0.506 e. The number of esters is 1. The number of hydrogen-bond acceptors (Lipinski definition) is 7. The summed E-state index contributed by atoms with van der Waals surface area (Å²) in [5.74, 6) is 0.945. The van der Waals surface area contributed by atoms with Crippen LogP contribution in [0.2, 0.25) is 0 Å². The third-order valence-corrected chi connectivity index (χ3v) is 5.69. The molecule has 0 amide bonds. The first kappa shape index (κ1) is 19.4. The molecule has 1 fully saturated rings. The van der Waals surface area contributed by atoms with Crippen LogP contribution in [-0.4, -0.2) is 63.4 Å². The SMILES string of the molecule is COc1cc2c(cc1OC)C(Cc1cccc(O)c1N1CCN(C)CC1)OC2=O. The van der Waals surface area contributed by atoms with E-state index in [4.69, 9.17) is 14.2 Å². The van der Waals surface area contributed by atoms with E-state index in [0.29, 0.717) is 23.5 Å². The molecular formula is C22H26N2O5. The molecule has 0 aromatic heterocycles. The van der Waals surface area contributed by atoms with Crippen LogP contribution in [0.4, 0.5) is 5.69 Å². The van der Waals surface area contributed by atoms with Gasteiger partial charge in [-0.25, -0.2) is 4.79 Å². The molecule has 1 unspecified atom stereocenters. The van der Waals surface area contributed by atoms with Crippen LogP contribution in [0.3, 0.4) is 0 Å². The average molecular weight is 398 g/mol. The number of benzene rings is 2. The number of hydrogen-bond donors (Lipinski definition) is 1. The predicted octanol–water partition coefficient (Wildman–Crippen LogP) is 2.62. The molecule has 29 heavy (non-hydrogen) atoms. The minimum atomic E-state index is -0.440. The highest BCUT2D eigenvalue weighted by Gasteiger charge is 2.34. The van der Waals surface area contributed by atoms with Gasteiger partial charge in [-0.3, -0.25) is 0 Å². The van der Waals surface area contributed by atoms with Crippen LogP contribution >= 0.6 is 0 Å². The number of methoxy groups -OCH3 is 2. The minimum Gasteiger partial charge on any atom is -0.506 e. The van der Waals surface area contributed by atoms with Crippen molar-refractivity contribution in [2.45, 2.75) is 12.5 Å². The smallest absolute Gasteiger partial charge is 0.339 e. The van der Waals surface area contributed by atoms with E-state index in [1.807, 2.05) is 18.2 Å². The zero-order valence-electron chi connectivity index (χ0n) is 17.0. The van der Waals surface area contributed by atoms with Gasteiger partial charge in [0.1, 0.15) is 11.9 Å². The maximum absolute atomic E-state index is 12.4. The van der Waals surface area contributed by atoms with Crippen LogP contribution in [0.5, 0.6) is 17.2 Å². The molecule has 2 aromatic rings. The van der Waals surface area contributed by atoms with Gasteiger partial charge in [-0.15, -0.1) is 0 Å². The number of rotatable bonds is 5. The van der Waals surface area contributed by atoms with Gasteiger partial charge in [0, 0.05) is 38.2 Å². The second kappa shape index (κ2) is 7.83. The number of para-hydroxylation sites is 1. The number of piperazine rings is 1. The highest BCUT2D eigenvalue weighted by molar-refractivity contribution is 5.95. The molecule has 1 N–H and O–H groups in total. The summed E-state index contributed by atoms with van der Waals surface area (Å²) < 4.78 is 16.4. The van der Waals surface area contributed by atoms with Crippen molar-refractivity contribution in [1.82, 2.24) is 4.90 Å². The number of fused-ring (bicyclic) bond motifs is 1. The summed E-state index contributed by atoms with van der Waals surface area (Å²) in [5.41, 5.74) is 3.05. The number of phenols is 1. The molecule has 0 saturated carbocycles. The molecule has 154 valence electrons. The van der Waals surface area contributed by atoms with Gasteiger partial charge >= 0.3 is 5.97 Å². The Bertz CT molecular complexity index is 922. The van der Waals surface area contributed by atoms with Crippen LogP contribution in [0.15, 0.2) is 30.3 Å². The molecule has 2 aromatic carbocycles. The Hall–Kier alpha value is -2.93. The van der Waals surface area contributed by atoms with Crippen molar-refractivity contribution in [3.05, 3.63) is 47.0 Å². The van der Waals surface area contributed by atoms with E-state index in [9.17, 15) is 9.90 Å². The number of anilines is 1. The van der Waals surface area contributed by atoms with E-state index < -0.39 is 6.10 Å². The van der Waals surface area contributed by atoms with Gasteiger partial charge in [-0.1, -0.05) is 12.1 Å². The fourth-order valence-corrected chi connectivity index (χ4v) is 4.08. The molecule has 4 rings (SSSR count). The van der Waals surface area contributed by atoms with E-state index in [2.05, 4.69) is 16.8 Å². The molecule has 7 nitrogen and oxygen atoms in total. The summed E-state index contributed by atoms with van der Waals surface area (Å²) in [6.45, 7) is 3.55. The van der Waals surface area contributed by atoms with E-state index in [0.717, 1.165) is 43.0 Å². The van der Waals surface area contributed by atoms with Gasteiger partial charge in [-0.05, 0) is 30.8 Å². The van der Waals surface area contributed by atoms with Crippen molar-refractivity contribution >= 4 is 11.7 Å². The third kappa shape index (κ3) is 3.58. The first-order valence-electron chi connectivity index (χ1n) is 9.73. The molecule has 1 atom stereocenters. The lowest BCUT2D eigenvalue weighted by Crippen LogP contribution is -2.44. The Kier molecular flexibility index (Phi) is 5.24. The highest BCUT2D eigenvalue weighted by atomic mass is 16.5. The normalized spacial score (nSPS) is 19.1. The van der Waals surface area contributed by atoms with Crippen LogP contribution in [0.1, 0.15) is 27.6 Å². The van der Waals surface area contributed by atoms with Gasteiger partial charge in [0.25, 0.3) is 0 Å². The number of carbonyl (C=O) groups is 1. The topological polar surface area (TPSA) is 71.5 Å². The lowest BCUT2D eigenvalue weighted by atomic mass is 9.97. The zero-order valence-corrected chi connectivity index (χ0v) is 17.0. The standard InChI is InChI=1S/C22H26N2O5/c1-23-7-9-24(10-8-23)21-14(5-4-6-17(21)25)11-18-15-12-19(27-2)20(28-3)13-16(15)22(26)29-18/h4-6,12-13,18,25H,7-11H2,1-3H3. The summed E-state index contributed by atoms with van der Waals surface area (Å²) in [7, 11) is 5.20. The van der Waals surface area contributed by atoms with E-state index in [1.165, 1.54) is 7.11 Å². The first-order chi connectivity index (χ1) is 14.0. The van der Waals surface area contributed by atoms with Crippen molar-refractivity contribution in [3.8, 4) is 17.2 Å². The molecule has 7 heteroatoms. The molecule has 2 heterocycles. The van der Waals surface area contributed by atoms with Gasteiger partial charge in [-0.2, -0.15) is 0 Å². The Morgan fingerprint density at radius 2 is 1.79 bits per heavy atom. The lowest BCUT2D eigenvalue weighted by Gasteiger charge is -2.35. The van der Waals surface area contributed by atoms with Gasteiger partial charge in [0.15, 0.2) is 11.5 Å². The summed E-state index contributed by atoms with van der Waals surface area (Å²) in [6.07, 6.45) is 0.0370. The van der Waals surface area contributed by atoms with Crippen LogP contribution < -0.4 is 14.4 Å². The number of aromatic hydroxyl groups is 1. The number of carbonyl (C=O) groups excluding carboxylic acids is 1. The van der Waals surface area contributed by atoms with Gasteiger partial charge in [0.05, 0.1) is 25.5 Å². The predicted molar refractivity (Wildman–Crippen MR) is 109 cm³/mol. The lowest BCUT2D eigenvalue weighted by molar-refractivity contribution is 0.0387. The second-order valence-corrected chi connectivity index (χ2v) is 7.47. The molecular weight excluding hydrogens is 372 g/mol. The summed E-state index contributed by atoms with van der Waals surface area (Å²) in [4.78, 5) is 16.9. The van der Waals surface area contributed by atoms with E-state index >= 15 is 0 Å². The van der Waals surface area contributed by atoms with Gasteiger partial charge < -0.3 is 29.1 Å². The molecule has 0 spiro atoms. The van der Waals surface area contributed by atoms with Crippen LogP contribution in [-0.2, 0) is 11.2 Å². The van der Waals surface area contributed by atoms with Gasteiger partial charge in [0.2, 0.25) is 0 Å². The fourth-order valence-electron chi connectivity index (χ4n) is 4.08. The number of cyclic esters (lactones) is 1. The molecule has 0 aliphatic carbocycles. The second-order valence-electron chi connectivity index (χ2n) is 7.47. The molecule has 0 radical (unpaired) electrons. The Morgan fingerprint density at radius 3 is 2.48 bits per heavy atom. The number of nitrogens with zero attached hydrogens (tertiary/aromatic N) is 2. The molecule has 2 aliphatic heterocycles. The molecule has 0 bridgehead atoms. The number of likely N-dealkylation sites (N-methyl/N-ethyl adjacent to an activating group) is 1. The Balaban J connectivity index is 1.67. The first-order valence-corrected chi connectivity index (χ1v) is 9.73. The molecule has 2 aliphatic rings. The summed E-state index contributed by atoms with van der Waals surface area (Å²) in [6, 6.07) is 9.00. The van der Waals surface area contributed by atoms with Crippen molar-refractivity contribution in [2.75, 3.05) is 52.3 Å². The van der Waals surface area contributed by atoms with Crippen molar-refractivity contribution in [3.63, 3.8) is 0 Å². The summed E-state index contributed by atoms with van der Waals surface area (Å²) in [5, 5.41) is 10.6. The highest BCUT2D eigenvalue weighted by Crippen LogP contribution is 2.42. The molecule has 1 saturated heterocycles. The number of phenolic OH excluding ortho intramolecular Hbond substituents is 1. The average Bonchev–Trinajstić information content (AvgIpc) is 3.02. The number of ether oxygens (including phenoxy) is 3. The van der Waals surface area contributed by atoms with Crippen LogP contribution in [0, 0.1) is 0 Å². The van der Waals surface area contributed by atoms with Crippen molar-refractivity contribution < 1.29 is 24.1 Å². The Labute approximate surface area is 170 Å². The zero-order chi connectivity index (χ0) is 20.5. The van der Waals surface area contributed by atoms with Crippen molar-refractivity contribution in [2.24, 2.45) is 0 Å². The van der Waals surface area contributed by atoms with E-state index in [1.54, 1.807) is 19.2 Å². The minimum absolute atomic E-state index is 0.254. The van der Waals surface area contributed by atoms with E-state index in [-0.39, 0.29) is 11.7 Å². The fraction of sp³-hybridized carbons (Fsp3) is 0.409. The summed E-state index contributed by atoms with van der Waals surface area (Å²) >= 11 is 0. The quantitative estimate of drug-likeness (QED) is 0.777. The maximum Gasteiger partial charge on any atom is 0.339 e.